The van der Waals surface area contributed by atoms with Gasteiger partial charge in [0.1, 0.15) is 5.75 Å². The van der Waals surface area contributed by atoms with E-state index in [1.165, 1.54) is 19.3 Å². The molecule has 0 heterocycles. The van der Waals surface area contributed by atoms with Crippen molar-refractivity contribution in [3.8, 4) is 5.75 Å². The van der Waals surface area contributed by atoms with Crippen LogP contribution in [0.15, 0.2) is 24.3 Å². The van der Waals surface area contributed by atoms with Gasteiger partial charge < -0.3 is 10.1 Å². The van der Waals surface area contributed by atoms with Gasteiger partial charge in [0.25, 0.3) is 5.91 Å². The predicted molar refractivity (Wildman–Crippen MR) is 78.9 cm³/mol. The second-order valence-corrected chi connectivity index (χ2v) is 6.44. The maximum absolute atomic E-state index is 12.2. The Balaban J connectivity index is 1.53. The molecular weight excluding hydrogens is 274 g/mol. The quantitative estimate of drug-likeness (QED) is 0.924. The minimum absolute atomic E-state index is 0.0162. The van der Waals surface area contributed by atoms with Crippen molar-refractivity contribution in [2.45, 2.75) is 44.8 Å². The van der Waals surface area contributed by atoms with Crippen molar-refractivity contribution in [2.75, 3.05) is 0 Å². The van der Waals surface area contributed by atoms with Crippen LogP contribution in [0.3, 0.4) is 0 Å². The SMILES string of the molecule is C[C@H](Oc1ccc(Cl)cc1)C(=O)N[C@H]1C[C@H]2CC[C@H]1C2. The van der Waals surface area contributed by atoms with E-state index in [1.54, 1.807) is 31.2 Å². The summed E-state index contributed by atoms with van der Waals surface area (Å²) in [5.41, 5.74) is 0. The molecule has 2 fully saturated rings. The summed E-state index contributed by atoms with van der Waals surface area (Å²) < 4.78 is 5.65. The van der Waals surface area contributed by atoms with E-state index in [0.717, 1.165) is 12.3 Å². The van der Waals surface area contributed by atoms with E-state index in [9.17, 15) is 4.79 Å². The fourth-order valence-corrected chi connectivity index (χ4v) is 3.62. The minimum Gasteiger partial charge on any atom is -0.481 e. The van der Waals surface area contributed by atoms with Crippen LogP contribution in [-0.4, -0.2) is 18.1 Å². The van der Waals surface area contributed by atoms with Gasteiger partial charge in [-0.2, -0.15) is 0 Å². The maximum atomic E-state index is 12.2. The summed E-state index contributed by atoms with van der Waals surface area (Å²) in [6.45, 7) is 1.79. The number of carbonyl (C=O) groups excluding carboxylic acids is 1. The molecule has 2 aliphatic carbocycles. The molecule has 2 bridgehead atoms. The summed E-state index contributed by atoms with van der Waals surface area (Å²) in [7, 11) is 0. The molecule has 0 aromatic heterocycles. The summed E-state index contributed by atoms with van der Waals surface area (Å²) in [6, 6.07) is 7.44. The fourth-order valence-electron chi connectivity index (χ4n) is 3.49. The van der Waals surface area contributed by atoms with Crippen LogP contribution in [0.2, 0.25) is 5.02 Å². The Kier molecular flexibility index (Phi) is 3.88. The lowest BCUT2D eigenvalue weighted by molar-refractivity contribution is -0.128. The van der Waals surface area contributed by atoms with Crippen LogP contribution in [0.4, 0.5) is 0 Å². The third kappa shape index (κ3) is 2.93. The van der Waals surface area contributed by atoms with Crippen molar-refractivity contribution >= 4 is 17.5 Å². The van der Waals surface area contributed by atoms with Gasteiger partial charge in [0.2, 0.25) is 0 Å². The highest BCUT2D eigenvalue weighted by molar-refractivity contribution is 6.30. The fraction of sp³-hybridized carbons (Fsp3) is 0.562. The zero-order valence-corrected chi connectivity index (χ0v) is 12.4. The Morgan fingerprint density at radius 3 is 2.65 bits per heavy atom. The molecule has 0 radical (unpaired) electrons. The van der Waals surface area contributed by atoms with Gasteiger partial charge >= 0.3 is 0 Å². The van der Waals surface area contributed by atoms with Gasteiger partial charge in [0, 0.05) is 11.1 Å². The van der Waals surface area contributed by atoms with E-state index >= 15 is 0 Å². The van der Waals surface area contributed by atoms with Crippen molar-refractivity contribution in [1.29, 1.82) is 0 Å². The smallest absolute Gasteiger partial charge is 0.261 e. The monoisotopic (exact) mass is 293 g/mol. The second-order valence-electron chi connectivity index (χ2n) is 6.00. The molecule has 108 valence electrons. The molecule has 3 rings (SSSR count). The third-order valence-corrected chi connectivity index (χ3v) is 4.81. The zero-order valence-electron chi connectivity index (χ0n) is 11.6. The van der Waals surface area contributed by atoms with Crippen molar-refractivity contribution in [3.05, 3.63) is 29.3 Å². The number of benzene rings is 1. The molecule has 4 heteroatoms. The summed E-state index contributed by atoms with van der Waals surface area (Å²) in [5.74, 6) is 2.17. The number of ether oxygens (including phenoxy) is 1. The highest BCUT2D eigenvalue weighted by Crippen LogP contribution is 2.44. The number of amides is 1. The molecule has 1 amide bonds. The average Bonchev–Trinajstić information content (AvgIpc) is 3.03. The van der Waals surface area contributed by atoms with Crippen LogP contribution < -0.4 is 10.1 Å². The molecule has 1 N–H and O–H groups in total. The highest BCUT2D eigenvalue weighted by atomic mass is 35.5. The van der Waals surface area contributed by atoms with E-state index in [0.29, 0.717) is 22.7 Å². The Morgan fingerprint density at radius 1 is 1.30 bits per heavy atom. The van der Waals surface area contributed by atoms with E-state index in [-0.39, 0.29) is 5.91 Å². The average molecular weight is 294 g/mol. The largest absolute Gasteiger partial charge is 0.481 e. The van der Waals surface area contributed by atoms with E-state index in [1.807, 2.05) is 0 Å². The Bertz CT molecular complexity index is 488. The summed E-state index contributed by atoms with van der Waals surface area (Å²) >= 11 is 5.83. The molecule has 2 aliphatic rings. The van der Waals surface area contributed by atoms with Crippen LogP contribution in [-0.2, 0) is 4.79 Å². The summed E-state index contributed by atoms with van der Waals surface area (Å²) in [5, 5.41) is 3.82. The van der Waals surface area contributed by atoms with E-state index < -0.39 is 6.10 Å². The first kappa shape index (κ1) is 13.7. The van der Waals surface area contributed by atoms with Crippen molar-refractivity contribution < 1.29 is 9.53 Å². The Morgan fingerprint density at radius 2 is 2.05 bits per heavy atom. The van der Waals surface area contributed by atoms with Gasteiger partial charge in [-0.25, -0.2) is 0 Å². The number of hydrogen-bond donors (Lipinski definition) is 1. The van der Waals surface area contributed by atoms with Gasteiger partial charge in [-0.05, 0) is 62.3 Å². The van der Waals surface area contributed by atoms with Crippen LogP contribution in [0, 0.1) is 11.8 Å². The maximum Gasteiger partial charge on any atom is 0.261 e. The van der Waals surface area contributed by atoms with Crippen molar-refractivity contribution in [1.82, 2.24) is 5.32 Å². The zero-order chi connectivity index (χ0) is 14.1. The first-order valence-electron chi connectivity index (χ1n) is 7.34. The molecule has 2 saturated carbocycles. The van der Waals surface area contributed by atoms with Crippen molar-refractivity contribution in [3.63, 3.8) is 0 Å². The number of hydrogen-bond acceptors (Lipinski definition) is 2. The molecule has 1 aromatic carbocycles. The Hall–Kier alpha value is -1.22. The molecule has 0 spiro atoms. The number of nitrogens with one attached hydrogen (secondary N) is 1. The second kappa shape index (κ2) is 5.65. The Labute approximate surface area is 124 Å². The first-order chi connectivity index (χ1) is 9.61. The molecule has 4 atom stereocenters. The van der Waals surface area contributed by atoms with Gasteiger partial charge in [-0.1, -0.05) is 18.0 Å². The number of fused-ring (bicyclic) bond motifs is 2. The standard InChI is InChI=1S/C16H20ClNO2/c1-10(20-14-6-4-13(17)5-7-14)16(19)18-15-9-11-2-3-12(15)8-11/h4-7,10-12,15H,2-3,8-9H2,1H3,(H,18,19)/t10-,11-,12-,15-/m0/s1. The van der Waals surface area contributed by atoms with Crippen LogP contribution in [0.1, 0.15) is 32.6 Å². The molecule has 1 aromatic rings. The summed E-state index contributed by atoms with van der Waals surface area (Å²) in [4.78, 5) is 12.2. The summed E-state index contributed by atoms with van der Waals surface area (Å²) in [6.07, 6.45) is 4.56. The molecular formula is C16H20ClNO2. The van der Waals surface area contributed by atoms with E-state index in [2.05, 4.69) is 5.32 Å². The number of carbonyl (C=O) groups is 1. The van der Waals surface area contributed by atoms with E-state index in [4.69, 9.17) is 16.3 Å². The lowest BCUT2D eigenvalue weighted by Gasteiger charge is -2.24. The minimum atomic E-state index is -0.477. The third-order valence-electron chi connectivity index (χ3n) is 4.56. The lowest BCUT2D eigenvalue weighted by Crippen LogP contribution is -2.44. The van der Waals surface area contributed by atoms with Crippen LogP contribution in [0.25, 0.3) is 0 Å². The highest BCUT2D eigenvalue weighted by Gasteiger charge is 2.40. The van der Waals surface area contributed by atoms with Crippen LogP contribution in [0.5, 0.6) is 5.75 Å². The predicted octanol–water partition coefficient (Wildman–Crippen LogP) is 3.41. The van der Waals surface area contributed by atoms with Crippen LogP contribution >= 0.6 is 11.6 Å². The molecule has 20 heavy (non-hydrogen) atoms. The molecule has 0 aliphatic heterocycles. The van der Waals surface area contributed by atoms with Gasteiger partial charge in [-0.15, -0.1) is 0 Å². The van der Waals surface area contributed by atoms with Gasteiger partial charge in [0.05, 0.1) is 0 Å². The topological polar surface area (TPSA) is 38.3 Å². The number of halogens is 1. The molecule has 3 nitrogen and oxygen atoms in total. The number of rotatable bonds is 4. The van der Waals surface area contributed by atoms with Crippen molar-refractivity contribution in [2.24, 2.45) is 11.8 Å². The first-order valence-corrected chi connectivity index (χ1v) is 7.72. The van der Waals surface area contributed by atoms with Gasteiger partial charge in [0.15, 0.2) is 6.10 Å². The normalized spacial score (nSPS) is 29.2. The molecule has 0 unspecified atom stereocenters. The van der Waals surface area contributed by atoms with Gasteiger partial charge in [-0.3, -0.25) is 4.79 Å². The lowest BCUT2D eigenvalue weighted by atomic mass is 9.95. The molecule has 0 saturated heterocycles.